The van der Waals surface area contributed by atoms with Crippen LogP contribution in [0.15, 0.2) is 52.9 Å². The highest BCUT2D eigenvalue weighted by atomic mass is 32.2. The molecule has 0 aliphatic heterocycles. The average Bonchev–Trinajstić information content (AvgIpc) is 3.14. The van der Waals surface area contributed by atoms with E-state index in [0.717, 1.165) is 5.56 Å². The number of anilines is 2. The lowest BCUT2D eigenvalue weighted by Crippen LogP contribution is -2.13. The number of nitrogens with zero attached hydrogens (tertiary/aromatic N) is 3. The quantitative estimate of drug-likeness (QED) is 0.253. The summed E-state index contributed by atoms with van der Waals surface area (Å²) in [5, 5.41) is 24.2. The summed E-state index contributed by atoms with van der Waals surface area (Å²) in [6, 6.07) is 12.7. The van der Waals surface area contributed by atoms with Crippen LogP contribution in [-0.2, 0) is 4.79 Å². The van der Waals surface area contributed by atoms with Crippen LogP contribution in [0.2, 0.25) is 0 Å². The Morgan fingerprint density at radius 1 is 1.14 bits per heavy atom. The first kappa shape index (κ1) is 20.4. The second kappa shape index (κ2) is 9.26. The fraction of sp³-hybridized carbons (Fsp3) is 0.111. The van der Waals surface area contributed by atoms with E-state index in [1.54, 1.807) is 18.2 Å². The molecule has 0 aliphatic carbocycles. The molecule has 0 saturated heterocycles. The Balaban J connectivity index is 1.50. The summed E-state index contributed by atoms with van der Waals surface area (Å²) in [6.07, 6.45) is 0. The first-order valence-corrected chi connectivity index (χ1v) is 10.1. The molecule has 2 N–H and O–H groups in total. The zero-order valence-corrected chi connectivity index (χ0v) is 16.8. The third-order valence-electron chi connectivity index (χ3n) is 3.60. The van der Waals surface area contributed by atoms with Gasteiger partial charge in [0.15, 0.2) is 4.34 Å². The standard InChI is InChI=1S/C18H15N5O4S2/c1-11-3-2-4-12(9-11)16(25)20-17-21-22-18(29-17)28-10-15(24)19-13-5-7-14(8-6-13)23(26)27/h2-9H,10H2,1H3,(H,19,24)(H,20,21,25). The van der Waals surface area contributed by atoms with Crippen molar-refractivity contribution >= 4 is 51.4 Å². The van der Waals surface area contributed by atoms with Crippen LogP contribution in [0.25, 0.3) is 0 Å². The number of nitro groups is 1. The van der Waals surface area contributed by atoms with Crippen molar-refractivity contribution in [3.63, 3.8) is 0 Å². The number of nitrogens with one attached hydrogen (secondary N) is 2. The molecule has 11 heteroatoms. The Bertz CT molecular complexity index is 1050. The molecule has 1 heterocycles. The topological polar surface area (TPSA) is 127 Å². The number of aryl methyl sites for hydroxylation is 1. The van der Waals surface area contributed by atoms with Crippen LogP contribution < -0.4 is 10.6 Å². The smallest absolute Gasteiger partial charge is 0.269 e. The van der Waals surface area contributed by atoms with Gasteiger partial charge in [0.25, 0.3) is 11.6 Å². The molecule has 0 saturated carbocycles. The van der Waals surface area contributed by atoms with Crippen LogP contribution >= 0.6 is 23.1 Å². The fourth-order valence-electron chi connectivity index (χ4n) is 2.27. The molecule has 0 radical (unpaired) electrons. The van der Waals surface area contributed by atoms with Gasteiger partial charge in [0.2, 0.25) is 11.0 Å². The zero-order valence-electron chi connectivity index (χ0n) is 15.1. The predicted molar refractivity (Wildman–Crippen MR) is 111 cm³/mol. The van der Waals surface area contributed by atoms with Gasteiger partial charge in [-0.2, -0.15) is 0 Å². The van der Waals surface area contributed by atoms with Crippen molar-refractivity contribution in [1.82, 2.24) is 10.2 Å². The molecule has 0 spiro atoms. The third-order valence-corrected chi connectivity index (χ3v) is 5.57. The molecule has 1 aromatic heterocycles. The van der Waals surface area contributed by atoms with Crippen molar-refractivity contribution in [2.45, 2.75) is 11.3 Å². The Hall–Kier alpha value is -3.31. The molecule has 2 amide bonds. The molecule has 2 aromatic carbocycles. The Morgan fingerprint density at radius 3 is 2.59 bits per heavy atom. The monoisotopic (exact) mass is 429 g/mol. The number of carbonyl (C=O) groups excluding carboxylic acids is 2. The molecule has 3 aromatic rings. The van der Waals surface area contributed by atoms with Crippen molar-refractivity contribution < 1.29 is 14.5 Å². The second-order valence-electron chi connectivity index (χ2n) is 5.84. The van der Waals surface area contributed by atoms with E-state index in [1.807, 2.05) is 13.0 Å². The second-order valence-corrected chi connectivity index (χ2v) is 8.04. The van der Waals surface area contributed by atoms with Crippen LogP contribution in [0, 0.1) is 17.0 Å². The van der Waals surface area contributed by atoms with Crippen LogP contribution in [0.3, 0.4) is 0 Å². The van der Waals surface area contributed by atoms with E-state index < -0.39 is 4.92 Å². The summed E-state index contributed by atoms with van der Waals surface area (Å²) in [5.41, 5.74) is 1.91. The molecule has 0 atom stereocenters. The van der Waals surface area contributed by atoms with E-state index in [2.05, 4.69) is 20.8 Å². The van der Waals surface area contributed by atoms with Gasteiger partial charge in [0.1, 0.15) is 0 Å². The average molecular weight is 429 g/mol. The van der Waals surface area contributed by atoms with Crippen LogP contribution in [0.4, 0.5) is 16.5 Å². The lowest BCUT2D eigenvalue weighted by Gasteiger charge is -2.03. The molecule has 0 aliphatic rings. The summed E-state index contributed by atoms with van der Waals surface area (Å²) in [6.45, 7) is 1.90. The van der Waals surface area contributed by atoms with Gasteiger partial charge in [-0.3, -0.25) is 25.0 Å². The van der Waals surface area contributed by atoms with E-state index >= 15 is 0 Å². The van der Waals surface area contributed by atoms with Crippen molar-refractivity contribution in [2.24, 2.45) is 0 Å². The lowest BCUT2D eigenvalue weighted by molar-refractivity contribution is -0.384. The molecule has 0 unspecified atom stereocenters. The molecule has 148 valence electrons. The number of aromatic nitrogens is 2. The first-order chi connectivity index (χ1) is 13.9. The number of hydrogen-bond donors (Lipinski definition) is 2. The Labute approximate surface area is 173 Å². The number of hydrogen-bond acceptors (Lipinski definition) is 8. The van der Waals surface area contributed by atoms with Crippen molar-refractivity contribution in [2.75, 3.05) is 16.4 Å². The first-order valence-electron chi connectivity index (χ1n) is 8.29. The van der Waals surface area contributed by atoms with Crippen molar-refractivity contribution in [3.8, 4) is 0 Å². The van der Waals surface area contributed by atoms with Gasteiger partial charge < -0.3 is 5.32 Å². The van der Waals surface area contributed by atoms with Gasteiger partial charge in [0.05, 0.1) is 10.7 Å². The Morgan fingerprint density at radius 2 is 1.90 bits per heavy atom. The minimum atomic E-state index is -0.508. The van der Waals surface area contributed by atoms with Crippen LogP contribution in [-0.4, -0.2) is 32.7 Å². The minimum absolute atomic E-state index is 0.0496. The zero-order chi connectivity index (χ0) is 20.8. The van der Waals surface area contributed by atoms with Crippen LogP contribution in [0.5, 0.6) is 0 Å². The number of rotatable bonds is 7. The fourth-order valence-corrected chi connectivity index (χ4v) is 3.81. The molecular formula is C18H15N5O4S2. The van der Waals surface area contributed by atoms with E-state index in [9.17, 15) is 19.7 Å². The molecule has 3 rings (SSSR count). The van der Waals surface area contributed by atoms with E-state index in [4.69, 9.17) is 0 Å². The van der Waals surface area contributed by atoms with Gasteiger partial charge in [-0.25, -0.2) is 0 Å². The summed E-state index contributed by atoms with van der Waals surface area (Å²) in [7, 11) is 0. The number of nitro benzene ring substituents is 1. The number of thioether (sulfide) groups is 1. The minimum Gasteiger partial charge on any atom is -0.325 e. The Kier molecular flexibility index (Phi) is 6.52. The predicted octanol–water partition coefficient (Wildman–Crippen LogP) is 3.74. The number of benzene rings is 2. The summed E-state index contributed by atoms with van der Waals surface area (Å²) < 4.78 is 0.531. The largest absolute Gasteiger partial charge is 0.325 e. The van der Waals surface area contributed by atoms with Gasteiger partial charge in [0, 0.05) is 23.4 Å². The SMILES string of the molecule is Cc1cccc(C(=O)Nc2nnc(SCC(=O)Nc3ccc([N+](=O)[O-])cc3)s2)c1. The maximum Gasteiger partial charge on any atom is 0.269 e. The summed E-state index contributed by atoms with van der Waals surface area (Å²) >= 11 is 2.34. The van der Waals surface area contributed by atoms with E-state index in [1.165, 1.54) is 47.4 Å². The summed E-state index contributed by atoms with van der Waals surface area (Å²) in [5.74, 6) is -0.487. The van der Waals surface area contributed by atoms with Gasteiger partial charge in [-0.05, 0) is 31.2 Å². The molecule has 0 bridgehead atoms. The van der Waals surface area contributed by atoms with E-state index in [-0.39, 0.29) is 23.3 Å². The normalized spacial score (nSPS) is 10.4. The number of non-ortho nitro benzene ring substituents is 1. The number of carbonyl (C=O) groups is 2. The van der Waals surface area contributed by atoms with Gasteiger partial charge in [-0.15, -0.1) is 10.2 Å². The molecule has 0 fully saturated rings. The third kappa shape index (κ3) is 5.83. The maximum atomic E-state index is 12.2. The molecule has 9 nitrogen and oxygen atoms in total. The number of amides is 2. The van der Waals surface area contributed by atoms with E-state index in [0.29, 0.717) is 20.7 Å². The molecule has 29 heavy (non-hydrogen) atoms. The highest BCUT2D eigenvalue weighted by Gasteiger charge is 2.12. The van der Waals surface area contributed by atoms with Crippen molar-refractivity contribution in [1.29, 1.82) is 0 Å². The summed E-state index contributed by atoms with van der Waals surface area (Å²) in [4.78, 5) is 34.4. The van der Waals surface area contributed by atoms with Gasteiger partial charge >= 0.3 is 0 Å². The highest BCUT2D eigenvalue weighted by molar-refractivity contribution is 8.01. The maximum absolute atomic E-state index is 12.2. The van der Waals surface area contributed by atoms with Crippen molar-refractivity contribution in [3.05, 3.63) is 69.8 Å². The molecular weight excluding hydrogens is 414 g/mol. The van der Waals surface area contributed by atoms with Gasteiger partial charge in [-0.1, -0.05) is 40.8 Å². The highest BCUT2D eigenvalue weighted by Crippen LogP contribution is 2.26. The lowest BCUT2D eigenvalue weighted by atomic mass is 10.1. The van der Waals surface area contributed by atoms with Crippen LogP contribution in [0.1, 0.15) is 15.9 Å².